The highest BCUT2D eigenvalue weighted by atomic mass is 35.5. The number of nitrogens with zero attached hydrogens (tertiary/aromatic N) is 2. The van der Waals surface area contributed by atoms with Crippen LogP contribution < -0.4 is 5.32 Å². The molecule has 0 radical (unpaired) electrons. The Morgan fingerprint density at radius 2 is 1.83 bits per heavy atom. The number of hydrogen-bond donors (Lipinski definition) is 1. The molecule has 4 nitrogen and oxygen atoms in total. The Bertz CT molecular complexity index is 852. The standard InChI is InChI=1S/C17H11ClFN3O/c18-12-3-1-2-11(8-12)15-9-16(21-10-20-15)17(23)22-14-6-4-13(19)5-7-14/h1-10H,(H,22,23). The highest BCUT2D eigenvalue weighted by Gasteiger charge is 2.10. The topological polar surface area (TPSA) is 54.9 Å². The highest BCUT2D eigenvalue weighted by molar-refractivity contribution is 6.30. The van der Waals surface area contributed by atoms with E-state index in [1.165, 1.54) is 30.6 Å². The molecule has 0 fully saturated rings. The van der Waals surface area contributed by atoms with E-state index >= 15 is 0 Å². The SMILES string of the molecule is O=C(Nc1ccc(F)cc1)c1cc(-c2cccc(Cl)c2)ncn1. The summed E-state index contributed by atoms with van der Waals surface area (Å²) in [5, 5.41) is 3.24. The van der Waals surface area contributed by atoms with Gasteiger partial charge in [0.05, 0.1) is 5.69 Å². The average Bonchev–Trinajstić information content (AvgIpc) is 2.57. The van der Waals surface area contributed by atoms with Crippen LogP contribution in [0, 0.1) is 5.82 Å². The number of rotatable bonds is 3. The third kappa shape index (κ3) is 3.70. The summed E-state index contributed by atoms with van der Waals surface area (Å²) in [7, 11) is 0. The van der Waals surface area contributed by atoms with Crippen LogP contribution in [0.25, 0.3) is 11.3 Å². The van der Waals surface area contributed by atoms with Gasteiger partial charge in [0.2, 0.25) is 0 Å². The summed E-state index contributed by atoms with van der Waals surface area (Å²) in [4.78, 5) is 20.4. The van der Waals surface area contributed by atoms with Crippen molar-refractivity contribution in [1.29, 1.82) is 0 Å². The predicted octanol–water partition coefficient (Wildman–Crippen LogP) is 4.19. The first-order valence-corrected chi connectivity index (χ1v) is 7.14. The van der Waals surface area contributed by atoms with Crippen LogP contribution in [0.15, 0.2) is 60.9 Å². The molecule has 114 valence electrons. The van der Waals surface area contributed by atoms with Crippen molar-refractivity contribution in [3.05, 3.63) is 77.5 Å². The molecular weight excluding hydrogens is 317 g/mol. The summed E-state index contributed by atoms with van der Waals surface area (Å²) in [6.07, 6.45) is 1.32. The Kier molecular flexibility index (Phi) is 4.30. The van der Waals surface area contributed by atoms with Gasteiger partial charge in [-0.25, -0.2) is 14.4 Å². The number of carbonyl (C=O) groups excluding carboxylic acids is 1. The lowest BCUT2D eigenvalue weighted by atomic mass is 10.1. The molecular formula is C17H11ClFN3O. The van der Waals surface area contributed by atoms with Crippen LogP contribution >= 0.6 is 11.6 Å². The van der Waals surface area contributed by atoms with Gasteiger partial charge in [0.1, 0.15) is 17.8 Å². The maximum Gasteiger partial charge on any atom is 0.274 e. The molecule has 3 rings (SSSR count). The Morgan fingerprint density at radius 1 is 1.04 bits per heavy atom. The molecule has 0 aliphatic heterocycles. The maximum atomic E-state index is 12.9. The van der Waals surface area contributed by atoms with Gasteiger partial charge < -0.3 is 5.32 Å². The Morgan fingerprint density at radius 3 is 2.57 bits per heavy atom. The molecule has 0 spiro atoms. The zero-order chi connectivity index (χ0) is 16.2. The zero-order valence-electron chi connectivity index (χ0n) is 11.8. The average molecular weight is 328 g/mol. The van der Waals surface area contributed by atoms with E-state index < -0.39 is 5.91 Å². The summed E-state index contributed by atoms with van der Waals surface area (Å²) in [6, 6.07) is 14.2. The van der Waals surface area contributed by atoms with Gasteiger partial charge in [-0.2, -0.15) is 0 Å². The Balaban J connectivity index is 1.84. The molecule has 2 aromatic carbocycles. The number of anilines is 1. The van der Waals surface area contributed by atoms with Crippen molar-refractivity contribution in [1.82, 2.24) is 9.97 Å². The van der Waals surface area contributed by atoms with Gasteiger partial charge in [-0.1, -0.05) is 23.7 Å². The zero-order valence-corrected chi connectivity index (χ0v) is 12.6. The van der Waals surface area contributed by atoms with Crippen LogP contribution in [-0.2, 0) is 0 Å². The van der Waals surface area contributed by atoms with Gasteiger partial charge in [0, 0.05) is 16.3 Å². The molecule has 0 atom stereocenters. The molecule has 0 unspecified atom stereocenters. The van der Waals surface area contributed by atoms with Gasteiger partial charge >= 0.3 is 0 Å². The summed E-state index contributed by atoms with van der Waals surface area (Å²) < 4.78 is 12.9. The number of halogens is 2. The van der Waals surface area contributed by atoms with E-state index in [0.717, 1.165) is 5.56 Å². The first-order chi connectivity index (χ1) is 11.1. The van der Waals surface area contributed by atoms with E-state index in [2.05, 4.69) is 15.3 Å². The molecule has 1 aromatic heterocycles. The lowest BCUT2D eigenvalue weighted by Gasteiger charge is -2.06. The van der Waals surface area contributed by atoms with Crippen molar-refractivity contribution in [2.24, 2.45) is 0 Å². The normalized spacial score (nSPS) is 10.3. The van der Waals surface area contributed by atoms with E-state index in [1.54, 1.807) is 24.3 Å². The Hall–Kier alpha value is -2.79. The lowest BCUT2D eigenvalue weighted by molar-refractivity contribution is 0.102. The van der Waals surface area contributed by atoms with Crippen LogP contribution in [0.2, 0.25) is 5.02 Å². The molecule has 0 bridgehead atoms. The third-order valence-electron chi connectivity index (χ3n) is 3.12. The first kappa shape index (κ1) is 15.1. The number of aromatic nitrogens is 2. The second-order valence-corrected chi connectivity index (χ2v) is 5.20. The minimum atomic E-state index is -0.401. The number of amides is 1. The van der Waals surface area contributed by atoms with Crippen molar-refractivity contribution < 1.29 is 9.18 Å². The number of hydrogen-bond acceptors (Lipinski definition) is 3. The number of nitrogens with one attached hydrogen (secondary N) is 1. The second kappa shape index (κ2) is 6.54. The van der Waals surface area contributed by atoms with Crippen molar-refractivity contribution in [2.75, 3.05) is 5.32 Å². The van der Waals surface area contributed by atoms with Crippen LogP contribution in [0.4, 0.5) is 10.1 Å². The molecule has 1 N–H and O–H groups in total. The molecule has 0 aliphatic carbocycles. The molecule has 6 heteroatoms. The minimum Gasteiger partial charge on any atom is -0.321 e. The quantitative estimate of drug-likeness (QED) is 0.784. The number of carbonyl (C=O) groups is 1. The summed E-state index contributed by atoms with van der Waals surface area (Å²) in [5.74, 6) is -0.768. The Labute approximate surface area is 137 Å². The van der Waals surface area contributed by atoms with Gasteiger partial charge in [-0.15, -0.1) is 0 Å². The van der Waals surface area contributed by atoms with E-state index in [9.17, 15) is 9.18 Å². The fraction of sp³-hybridized carbons (Fsp3) is 0. The van der Waals surface area contributed by atoms with Gasteiger partial charge in [-0.3, -0.25) is 4.79 Å². The molecule has 1 heterocycles. The number of benzene rings is 2. The van der Waals surface area contributed by atoms with Gasteiger partial charge in [-0.05, 0) is 42.5 Å². The van der Waals surface area contributed by atoms with Crippen LogP contribution in [0.3, 0.4) is 0 Å². The summed E-state index contributed by atoms with van der Waals surface area (Å²) in [5.41, 5.74) is 2.07. The monoisotopic (exact) mass is 327 g/mol. The summed E-state index contributed by atoms with van der Waals surface area (Å²) in [6.45, 7) is 0. The minimum absolute atomic E-state index is 0.208. The first-order valence-electron chi connectivity index (χ1n) is 6.77. The molecule has 0 saturated carbocycles. The van der Waals surface area contributed by atoms with E-state index in [0.29, 0.717) is 16.4 Å². The molecule has 0 saturated heterocycles. The third-order valence-corrected chi connectivity index (χ3v) is 3.36. The predicted molar refractivity (Wildman–Crippen MR) is 86.8 cm³/mol. The smallest absolute Gasteiger partial charge is 0.274 e. The largest absolute Gasteiger partial charge is 0.321 e. The molecule has 3 aromatic rings. The van der Waals surface area contributed by atoms with E-state index in [1.807, 2.05) is 6.07 Å². The highest BCUT2D eigenvalue weighted by Crippen LogP contribution is 2.21. The van der Waals surface area contributed by atoms with Crippen molar-refractivity contribution >= 4 is 23.2 Å². The van der Waals surface area contributed by atoms with Crippen LogP contribution in [-0.4, -0.2) is 15.9 Å². The molecule has 0 aliphatic rings. The fourth-order valence-electron chi connectivity index (χ4n) is 2.02. The summed E-state index contributed by atoms with van der Waals surface area (Å²) >= 11 is 5.96. The van der Waals surface area contributed by atoms with Gasteiger partial charge in [0.25, 0.3) is 5.91 Å². The lowest BCUT2D eigenvalue weighted by Crippen LogP contribution is -2.14. The van der Waals surface area contributed by atoms with Crippen molar-refractivity contribution in [2.45, 2.75) is 0 Å². The maximum absolute atomic E-state index is 12.9. The molecule has 23 heavy (non-hydrogen) atoms. The fourth-order valence-corrected chi connectivity index (χ4v) is 2.21. The van der Waals surface area contributed by atoms with E-state index in [4.69, 9.17) is 11.6 Å². The van der Waals surface area contributed by atoms with Gasteiger partial charge in [0.15, 0.2) is 0 Å². The molecule has 1 amide bonds. The van der Waals surface area contributed by atoms with Crippen molar-refractivity contribution in [3.63, 3.8) is 0 Å². The second-order valence-electron chi connectivity index (χ2n) is 4.76. The van der Waals surface area contributed by atoms with E-state index in [-0.39, 0.29) is 11.5 Å². The van der Waals surface area contributed by atoms with Crippen LogP contribution in [0.5, 0.6) is 0 Å². The van der Waals surface area contributed by atoms with Crippen LogP contribution in [0.1, 0.15) is 10.5 Å². The van der Waals surface area contributed by atoms with Crippen molar-refractivity contribution in [3.8, 4) is 11.3 Å².